The van der Waals surface area contributed by atoms with Crippen LogP contribution in [-0.4, -0.2) is 43.7 Å². The third-order valence-electron chi connectivity index (χ3n) is 7.93. The van der Waals surface area contributed by atoms with Crippen LogP contribution >= 0.6 is 0 Å². The SMILES string of the molecule is CCC[C@H](c1nnnn1CCc1ccccc1)N(Cc1ccc2c(c1)OCO2)Cc1cc2cc3c(cc2[nH]c1=O)OCO3. The number of pyridine rings is 1. The van der Waals surface area contributed by atoms with Crippen LogP contribution in [-0.2, 0) is 26.1 Å². The first-order valence-corrected chi connectivity index (χ1v) is 14.5. The Labute approximate surface area is 248 Å². The smallest absolute Gasteiger partial charge is 0.252 e. The zero-order chi connectivity index (χ0) is 29.2. The first-order valence-electron chi connectivity index (χ1n) is 14.5. The molecule has 0 saturated heterocycles. The van der Waals surface area contributed by atoms with Crippen LogP contribution in [0.5, 0.6) is 23.0 Å². The van der Waals surface area contributed by atoms with Crippen LogP contribution in [0.3, 0.4) is 0 Å². The summed E-state index contributed by atoms with van der Waals surface area (Å²) in [6.07, 6.45) is 2.52. The maximum atomic E-state index is 13.4. The van der Waals surface area contributed by atoms with Gasteiger partial charge in [0.05, 0.1) is 11.6 Å². The molecule has 220 valence electrons. The molecule has 43 heavy (non-hydrogen) atoms. The molecule has 0 radical (unpaired) electrons. The number of fused-ring (bicyclic) bond motifs is 3. The number of aromatic amines is 1. The molecule has 1 N–H and O–H groups in total. The van der Waals surface area contributed by atoms with Gasteiger partial charge in [-0.25, -0.2) is 4.68 Å². The Balaban J connectivity index is 1.24. The van der Waals surface area contributed by atoms with Crippen LogP contribution < -0.4 is 24.5 Å². The Bertz CT molecular complexity index is 1800. The lowest BCUT2D eigenvalue weighted by molar-refractivity contribution is 0.155. The summed E-state index contributed by atoms with van der Waals surface area (Å²) in [5.41, 5.74) is 3.44. The lowest BCUT2D eigenvalue weighted by Gasteiger charge is -2.31. The van der Waals surface area contributed by atoms with Crippen LogP contribution in [0, 0.1) is 0 Å². The van der Waals surface area contributed by atoms with Gasteiger partial charge in [0.15, 0.2) is 28.8 Å². The minimum atomic E-state index is -0.152. The van der Waals surface area contributed by atoms with Gasteiger partial charge in [0.2, 0.25) is 13.6 Å². The quantitative estimate of drug-likeness (QED) is 0.236. The molecule has 0 unspecified atom stereocenters. The molecule has 0 fully saturated rings. The van der Waals surface area contributed by atoms with Crippen LogP contribution in [0.4, 0.5) is 0 Å². The minimum absolute atomic E-state index is 0.145. The Kier molecular flexibility index (Phi) is 7.38. The van der Waals surface area contributed by atoms with E-state index < -0.39 is 0 Å². The summed E-state index contributed by atoms with van der Waals surface area (Å²) in [5, 5.41) is 13.8. The van der Waals surface area contributed by atoms with E-state index >= 15 is 0 Å². The molecule has 0 amide bonds. The monoisotopic (exact) mass is 580 g/mol. The highest BCUT2D eigenvalue weighted by molar-refractivity contribution is 5.83. The van der Waals surface area contributed by atoms with Gasteiger partial charge >= 0.3 is 0 Å². The number of tetrazole rings is 1. The van der Waals surface area contributed by atoms with Gasteiger partial charge in [-0.05, 0) is 58.7 Å². The number of nitrogens with one attached hydrogen (secondary N) is 1. The molecule has 2 aromatic heterocycles. The lowest BCUT2D eigenvalue weighted by Crippen LogP contribution is -2.32. The van der Waals surface area contributed by atoms with E-state index in [0.29, 0.717) is 42.2 Å². The van der Waals surface area contributed by atoms with E-state index in [1.807, 2.05) is 59.3 Å². The van der Waals surface area contributed by atoms with Gasteiger partial charge in [-0.2, -0.15) is 0 Å². The minimum Gasteiger partial charge on any atom is -0.454 e. The van der Waals surface area contributed by atoms with Crippen molar-refractivity contribution in [3.8, 4) is 23.0 Å². The number of hydrogen-bond acceptors (Lipinski definition) is 9. The number of aromatic nitrogens is 5. The van der Waals surface area contributed by atoms with Gasteiger partial charge in [0, 0.05) is 36.7 Å². The number of nitrogens with zero attached hydrogens (tertiary/aromatic N) is 5. The largest absolute Gasteiger partial charge is 0.454 e. The highest BCUT2D eigenvalue weighted by Gasteiger charge is 2.28. The summed E-state index contributed by atoms with van der Waals surface area (Å²) in [6.45, 7) is 4.10. The molecule has 11 nitrogen and oxygen atoms in total. The third kappa shape index (κ3) is 5.63. The molecule has 0 spiro atoms. The molecule has 0 bridgehead atoms. The highest BCUT2D eigenvalue weighted by atomic mass is 16.7. The van der Waals surface area contributed by atoms with E-state index in [-0.39, 0.29) is 25.2 Å². The lowest BCUT2D eigenvalue weighted by atomic mass is 10.0. The average molecular weight is 581 g/mol. The van der Waals surface area contributed by atoms with Crippen molar-refractivity contribution in [2.24, 2.45) is 0 Å². The maximum absolute atomic E-state index is 13.4. The molecule has 2 aliphatic rings. The fourth-order valence-corrected chi connectivity index (χ4v) is 5.77. The summed E-state index contributed by atoms with van der Waals surface area (Å²) in [6, 6.07) is 21.8. The van der Waals surface area contributed by atoms with Gasteiger partial charge in [-0.3, -0.25) is 9.69 Å². The van der Waals surface area contributed by atoms with Gasteiger partial charge in [-0.15, -0.1) is 5.10 Å². The zero-order valence-electron chi connectivity index (χ0n) is 23.9. The molecular formula is C32H32N6O5. The molecule has 3 aromatic carbocycles. The predicted octanol–water partition coefficient (Wildman–Crippen LogP) is 4.76. The Morgan fingerprint density at radius 1 is 0.884 bits per heavy atom. The van der Waals surface area contributed by atoms with Crippen molar-refractivity contribution in [2.75, 3.05) is 13.6 Å². The Hall–Kier alpha value is -4.90. The van der Waals surface area contributed by atoms with E-state index in [1.54, 1.807) is 0 Å². The topological polar surface area (TPSA) is 117 Å². The van der Waals surface area contributed by atoms with E-state index in [0.717, 1.165) is 47.5 Å². The molecule has 0 saturated carbocycles. The number of H-pyrrole nitrogens is 1. The predicted molar refractivity (Wildman–Crippen MR) is 158 cm³/mol. The van der Waals surface area contributed by atoms with E-state index in [4.69, 9.17) is 18.9 Å². The summed E-state index contributed by atoms with van der Waals surface area (Å²) in [4.78, 5) is 18.8. The highest BCUT2D eigenvalue weighted by Crippen LogP contribution is 2.37. The molecule has 2 aliphatic heterocycles. The second kappa shape index (κ2) is 11.8. The van der Waals surface area contributed by atoms with Crippen molar-refractivity contribution in [2.45, 2.75) is 51.9 Å². The Morgan fingerprint density at radius 2 is 1.65 bits per heavy atom. The van der Waals surface area contributed by atoms with Crippen molar-refractivity contribution in [3.63, 3.8) is 0 Å². The van der Waals surface area contributed by atoms with E-state index in [1.165, 1.54) is 5.56 Å². The first kappa shape index (κ1) is 27.0. The van der Waals surface area contributed by atoms with Gasteiger partial charge in [0.1, 0.15) is 0 Å². The van der Waals surface area contributed by atoms with Gasteiger partial charge in [0.25, 0.3) is 5.56 Å². The third-order valence-corrected chi connectivity index (χ3v) is 7.93. The number of aryl methyl sites for hydroxylation is 2. The molecule has 4 heterocycles. The molecule has 11 heteroatoms. The average Bonchev–Trinajstić information content (AvgIpc) is 3.79. The summed E-state index contributed by atoms with van der Waals surface area (Å²) in [7, 11) is 0. The second-order valence-electron chi connectivity index (χ2n) is 10.8. The Morgan fingerprint density at radius 3 is 2.47 bits per heavy atom. The van der Waals surface area contributed by atoms with Crippen LogP contribution in [0.15, 0.2) is 71.5 Å². The van der Waals surface area contributed by atoms with Crippen molar-refractivity contribution < 1.29 is 18.9 Å². The molecular weight excluding hydrogens is 548 g/mol. The number of ether oxygens (including phenoxy) is 4. The summed E-state index contributed by atoms with van der Waals surface area (Å²) >= 11 is 0. The number of hydrogen-bond donors (Lipinski definition) is 1. The maximum Gasteiger partial charge on any atom is 0.252 e. The molecule has 7 rings (SSSR count). The van der Waals surface area contributed by atoms with Crippen LogP contribution in [0.1, 0.15) is 48.3 Å². The summed E-state index contributed by atoms with van der Waals surface area (Å²) < 4.78 is 24.2. The molecule has 0 aliphatic carbocycles. The van der Waals surface area contributed by atoms with E-state index in [9.17, 15) is 4.79 Å². The fourth-order valence-electron chi connectivity index (χ4n) is 5.77. The van der Waals surface area contributed by atoms with Gasteiger partial charge < -0.3 is 23.9 Å². The van der Waals surface area contributed by atoms with Crippen molar-refractivity contribution in [1.29, 1.82) is 0 Å². The number of rotatable bonds is 11. The van der Waals surface area contributed by atoms with Gasteiger partial charge in [-0.1, -0.05) is 49.7 Å². The first-order chi connectivity index (χ1) is 21.1. The second-order valence-corrected chi connectivity index (χ2v) is 10.8. The molecule has 5 aromatic rings. The van der Waals surface area contributed by atoms with E-state index in [2.05, 4.69) is 44.5 Å². The van der Waals surface area contributed by atoms with Crippen molar-refractivity contribution in [3.05, 3.63) is 99.6 Å². The van der Waals surface area contributed by atoms with Crippen molar-refractivity contribution in [1.82, 2.24) is 30.1 Å². The summed E-state index contributed by atoms with van der Waals surface area (Å²) in [5.74, 6) is 3.53. The van der Waals surface area contributed by atoms with Crippen LogP contribution in [0.2, 0.25) is 0 Å². The standard InChI is InChI=1S/C32H32N6O5/c1-2-6-26(31-34-35-36-38(31)12-11-21-7-4-3-5-8-21)37(17-22-9-10-27-28(13-22)41-19-40-27)18-24-14-23-15-29-30(43-20-42-29)16-25(23)33-32(24)39/h3-5,7-10,13-16,26H,2,6,11-12,17-20H2,1H3,(H,33,39)/t26-/m1/s1. The van der Waals surface area contributed by atoms with Crippen LogP contribution in [0.25, 0.3) is 10.9 Å². The fraction of sp³-hybridized carbons (Fsp3) is 0.312. The van der Waals surface area contributed by atoms with Crippen molar-refractivity contribution >= 4 is 10.9 Å². The molecule has 1 atom stereocenters. The zero-order valence-corrected chi connectivity index (χ0v) is 23.9. The normalized spacial score (nSPS) is 14.1. The number of benzene rings is 3.